The summed E-state index contributed by atoms with van der Waals surface area (Å²) in [6, 6.07) is 11.8. The Hall–Kier alpha value is -3.14. The maximum Gasteiger partial charge on any atom is 0.269 e. The van der Waals surface area contributed by atoms with Gasteiger partial charge in [-0.1, -0.05) is 0 Å². The molecule has 3 rings (SSSR count). The maximum atomic E-state index is 10.6. The predicted octanol–water partition coefficient (Wildman–Crippen LogP) is 2.91. The van der Waals surface area contributed by atoms with Gasteiger partial charge in [-0.05, 0) is 24.3 Å². The molecule has 0 radical (unpaired) electrons. The lowest BCUT2D eigenvalue weighted by atomic mass is 10.1. The number of nitrogens with zero attached hydrogens (tertiary/aromatic N) is 4. The van der Waals surface area contributed by atoms with Crippen LogP contribution in [0.5, 0.6) is 5.75 Å². The second-order valence-corrected chi connectivity index (χ2v) is 5.57. The first-order valence-corrected chi connectivity index (χ1v) is 7.68. The first kappa shape index (κ1) is 15.7. The number of ether oxygens (including phenoxy) is 1. The number of hydrogen-bond acceptors (Lipinski definition) is 6. The molecule has 7 heteroatoms. The fourth-order valence-corrected chi connectivity index (χ4v) is 2.71. The summed E-state index contributed by atoms with van der Waals surface area (Å²) in [6.07, 6.45) is 3.53. The predicted molar refractivity (Wildman–Crippen MR) is 87.9 cm³/mol. The SMILES string of the molecule is N#Cc1ccc(N2CCC(Oc3ccc([N+](=O)[O-])cc3)CC2)cn1. The van der Waals surface area contributed by atoms with E-state index in [9.17, 15) is 10.1 Å². The van der Waals surface area contributed by atoms with Crippen molar-refractivity contribution in [3.8, 4) is 11.8 Å². The molecule has 24 heavy (non-hydrogen) atoms. The third kappa shape index (κ3) is 3.60. The highest BCUT2D eigenvalue weighted by molar-refractivity contribution is 5.46. The largest absolute Gasteiger partial charge is 0.490 e. The third-order valence-corrected chi connectivity index (χ3v) is 4.02. The summed E-state index contributed by atoms with van der Waals surface area (Å²) in [5, 5.41) is 19.4. The van der Waals surface area contributed by atoms with Gasteiger partial charge in [-0.3, -0.25) is 10.1 Å². The minimum absolute atomic E-state index is 0.0606. The number of rotatable bonds is 4. The molecule has 1 aromatic carbocycles. The quantitative estimate of drug-likeness (QED) is 0.634. The summed E-state index contributed by atoms with van der Waals surface area (Å²) in [5.41, 5.74) is 1.48. The van der Waals surface area contributed by atoms with E-state index in [1.807, 2.05) is 12.1 Å². The highest BCUT2D eigenvalue weighted by atomic mass is 16.6. The number of anilines is 1. The van der Waals surface area contributed by atoms with E-state index < -0.39 is 4.92 Å². The minimum atomic E-state index is -0.423. The smallest absolute Gasteiger partial charge is 0.269 e. The van der Waals surface area contributed by atoms with Gasteiger partial charge in [0.1, 0.15) is 23.6 Å². The number of nitro groups is 1. The van der Waals surface area contributed by atoms with Crippen LogP contribution in [0.25, 0.3) is 0 Å². The van der Waals surface area contributed by atoms with Gasteiger partial charge < -0.3 is 9.64 Å². The van der Waals surface area contributed by atoms with Gasteiger partial charge >= 0.3 is 0 Å². The molecule has 1 aliphatic heterocycles. The molecule has 0 atom stereocenters. The molecular formula is C17H16N4O3. The molecule has 0 saturated carbocycles. The normalized spacial score (nSPS) is 14.9. The van der Waals surface area contributed by atoms with Gasteiger partial charge in [0.2, 0.25) is 0 Å². The van der Waals surface area contributed by atoms with Crippen LogP contribution in [0.4, 0.5) is 11.4 Å². The lowest BCUT2D eigenvalue weighted by Gasteiger charge is -2.33. The van der Waals surface area contributed by atoms with Gasteiger partial charge in [-0.2, -0.15) is 5.26 Å². The van der Waals surface area contributed by atoms with Crippen LogP contribution in [0.3, 0.4) is 0 Å². The first-order valence-electron chi connectivity index (χ1n) is 7.68. The molecule has 0 aliphatic carbocycles. The Morgan fingerprint density at radius 3 is 2.46 bits per heavy atom. The van der Waals surface area contributed by atoms with Crippen molar-refractivity contribution >= 4 is 11.4 Å². The molecule has 1 fully saturated rings. The van der Waals surface area contributed by atoms with Gasteiger partial charge in [0.15, 0.2) is 0 Å². The second kappa shape index (κ2) is 6.96. The van der Waals surface area contributed by atoms with Gasteiger partial charge in [0.05, 0.1) is 16.8 Å². The Kier molecular flexibility index (Phi) is 4.57. The standard InChI is InChI=1S/C17H16N4O3/c18-11-13-1-2-15(12-19-13)20-9-7-17(8-10-20)24-16-5-3-14(4-6-16)21(22)23/h1-6,12,17H,7-10H2. The molecule has 0 unspecified atom stereocenters. The van der Waals surface area contributed by atoms with E-state index in [2.05, 4.69) is 9.88 Å². The average Bonchev–Trinajstić information content (AvgIpc) is 2.63. The lowest BCUT2D eigenvalue weighted by molar-refractivity contribution is -0.384. The third-order valence-electron chi connectivity index (χ3n) is 4.02. The number of hydrogen-bond donors (Lipinski definition) is 0. The Labute approximate surface area is 139 Å². The van der Waals surface area contributed by atoms with E-state index in [0.29, 0.717) is 11.4 Å². The van der Waals surface area contributed by atoms with Gasteiger partial charge in [0, 0.05) is 38.1 Å². The second-order valence-electron chi connectivity index (χ2n) is 5.57. The lowest BCUT2D eigenvalue weighted by Crippen LogP contribution is -2.38. The molecule has 2 heterocycles. The van der Waals surface area contributed by atoms with Crippen molar-refractivity contribution in [3.63, 3.8) is 0 Å². The molecule has 0 bridgehead atoms. The molecule has 0 spiro atoms. The van der Waals surface area contributed by atoms with Crippen LogP contribution in [0.1, 0.15) is 18.5 Å². The highest BCUT2D eigenvalue weighted by Crippen LogP contribution is 2.24. The monoisotopic (exact) mass is 324 g/mol. The topological polar surface area (TPSA) is 92.3 Å². The number of nitro benzene ring substituents is 1. The molecule has 0 amide bonds. The minimum Gasteiger partial charge on any atom is -0.490 e. The average molecular weight is 324 g/mol. The van der Waals surface area contributed by atoms with Crippen molar-refractivity contribution in [1.29, 1.82) is 5.26 Å². The van der Waals surface area contributed by atoms with Gasteiger partial charge in [0.25, 0.3) is 5.69 Å². The fraction of sp³-hybridized carbons (Fsp3) is 0.294. The number of non-ortho nitro benzene ring substituents is 1. The Bertz CT molecular complexity index is 745. The summed E-state index contributed by atoms with van der Waals surface area (Å²) in [7, 11) is 0. The molecule has 2 aromatic rings. The number of pyridine rings is 1. The number of benzene rings is 1. The molecule has 1 aliphatic rings. The summed E-state index contributed by atoms with van der Waals surface area (Å²) in [4.78, 5) is 16.5. The molecule has 122 valence electrons. The van der Waals surface area contributed by atoms with Crippen LogP contribution in [-0.2, 0) is 0 Å². The van der Waals surface area contributed by atoms with Crippen LogP contribution in [0.15, 0.2) is 42.6 Å². The number of nitriles is 1. The zero-order valence-electron chi connectivity index (χ0n) is 13.0. The van der Waals surface area contributed by atoms with Crippen LogP contribution >= 0.6 is 0 Å². The van der Waals surface area contributed by atoms with E-state index in [4.69, 9.17) is 10.00 Å². The first-order chi connectivity index (χ1) is 11.7. The van der Waals surface area contributed by atoms with Gasteiger partial charge in [-0.25, -0.2) is 4.98 Å². The van der Waals surface area contributed by atoms with Crippen molar-refractivity contribution in [2.24, 2.45) is 0 Å². The Morgan fingerprint density at radius 2 is 1.92 bits per heavy atom. The van der Waals surface area contributed by atoms with Crippen LogP contribution in [0.2, 0.25) is 0 Å². The zero-order valence-corrected chi connectivity index (χ0v) is 13.0. The summed E-state index contributed by atoms with van der Waals surface area (Å²) < 4.78 is 5.90. The van der Waals surface area contributed by atoms with Crippen LogP contribution in [-0.4, -0.2) is 29.1 Å². The maximum absolute atomic E-state index is 10.6. The Balaban J connectivity index is 1.54. The van der Waals surface area contributed by atoms with Crippen molar-refractivity contribution < 1.29 is 9.66 Å². The van der Waals surface area contributed by atoms with Crippen LogP contribution in [0, 0.1) is 21.4 Å². The Morgan fingerprint density at radius 1 is 1.21 bits per heavy atom. The molecule has 1 aromatic heterocycles. The van der Waals surface area contributed by atoms with E-state index in [-0.39, 0.29) is 11.8 Å². The van der Waals surface area contributed by atoms with Crippen LogP contribution < -0.4 is 9.64 Å². The molecule has 0 N–H and O–H groups in total. The number of piperidine rings is 1. The highest BCUT2D eigenvalue weighted by Gasteiger charge is 2.21. The van der Waals surface area contributed by atoms with E-state index in [0.717, 1.165) is 31.6 Å². The summed E-state index contributed by atoms with van der Waals surface area (Å²) in [5.74, 6) is 0.652. The number of aromatic nitrogens is 1. The van der Waals surface area contributed by atoms with Crippen molar-refractivity contribution in [3.05, 3.63) is 58.4 Å². The molecular weight excluding hydrogens is 308 g/mol. The van der Waals surface area contributed by atoms with Crippen molar-refractivity contribution in [2.45, 2.75) is 18.9 Å². The van der Waals surface area contributed by atoms with E-state index in [1.165, 1.54) is 12.1 Å². The zero-order chi connectivity index (χ0) is 16.9. The van der Waals surface area contributed by atoms with Crippen molar-refractivity contribution in [2.75, 3.05) is 18.0 Å². The van der Waals surface area contributed by atoms with Crippen molar-refractivity contribution in [1.82, 2.24) is 4.98 Å². The molecule has 1 saturated heterocycles. The van der Waals surface area contributed by atoms with Gasteiger partial charge in [-0.15, -0.1) is 0 Å². The summed E-state index contributed by atoms with van der Waals surface area (Å²) in [6.45, 7) is 1.68. The fourth-order valence-electron chi connectivity index (χ4n) is 2.71. The molecule has 7 nitrogen and oxygen atoms in total. The van der Waals surface area contributed by atoms with E-state index >= 15 is 0 Å². The summed E-state index contributed by atoms with van der Waals surface area (Å²) >= 11 is 0. The van der Waals surface area contributed by atoms with E-state index in [1.54, 1.807) is 24.4 Å².